The Balaban J connectivity index is 1.62. The molecule has 2 aromatic carbocycles. The van der Waals surface area contributed by atoms with Crippen molar-refractivity contribution in [1.29, 1.82) is 0 Å². The largest absolute Gasteiger partial charge is 0.493 e. The first-order valence-corrected chi connectivity index (χ1v) is 8.36. The van der Waals surface area contributed by atoms with Crippen LogP contribution in [0.4, 0.5) is 8.78 Å². The second-order valence-electron chi connectivity index (χ2n) is 5.68. The molecule has 28 heavy (non-hydrogen) atoms. The number of benzene rings is 2. The average Bonchev–Trinajstić information content (AvgIpc) is 3.07. The summed E-state index contributed by atoms with van der Waals surface area (Å²) in [7, 11) is 1.36. The third-order valence-electron chi connectivity index (χ3n) is 3.79. The minimum absolute atomic E-state index is 0.0535. The highest BCUT2D eigenvalue weighted by Crippen LogP contribution is 2.29. The predicted octanol–water partition coefficient (Wildman–Crippen LogP) is 4.81. The summed E-state index contributed by atoms with van der Waals surface area (Å²) in [6, 6.07) is 14.0. The van der Waals surface area contributed by atoms with Crippen molar-refractivity contribution in [3.63, 3.8) is 0 Å². The molecule has 3 rings (SSSR count). The van der Waals surface area contributed by atoms with E-state index in [-0.39, 0.29) is 18.1 Å². The molecule has 0 N–H and O–H groups in total. The van der Waals surface area contributed by atoms with E-state index < -0.39 is 6.61 Å². The van der Waals surface area contributed by atoms with Crippen molar-refractivity contribution in [3.8, 4) is 23.0 Å². The van der Waals surface area contributed by atoms with Crippen molar-refractivity contribution in [2.45, 2.75) is 20.1 Å². The molecule has 0 radical (unpaired) electrons. The highest BCUT2D eigenvalue weighted by Gasteiger charge is 2.12. The topological polar surface area (TPSA) is 66.1 Å². The molecule has 3 aromatic rings. The van der Waals surface area contributed by atoms with E-state index in [9.17, 15) is 8.78 Å². The molecule has 0 spiro atoms. The molecule has 6 nitrogen and oxygen atoms in total. The Morgan fingerprint density at radius 1 is 1.14 bits per heavy atom. The summed E-state index contributed by atoms with van der Waals surface area (Å²) < 4.78 is 39.8. The van der Waals surface area contributed by atoms with E-state index in [1.807, 2.05) is 30.3 Å². The Kier molecular flexibility index (Phi) is 6.21. The number of methoxy groups -OCH3 is 1. The van der Waals surface area contributed by atoms with E-state index >= 15 is 0 Å². The van der Waals surface area contributed by atoms with Crippen molar-refractivity contribution < 1.29 is 27.5 Å². The summed E-state index contributed by atoms with van der Waals surface area (Å²) in [6.07, 6.45) is 1.43. The van der Waals surface area contributed by atoms with Crippen LogP contribution in [0.5, 0.6) is 11.5 Å². The van der Waals surface area contributed by atoms with Crippen LogP contribution >= 0.6 is 0 Å². The average molecular weight is 388 g/mol. The molecule has 0 aliphatic heterocycles. The van der Waals surface area contributed by atoms with Crippen LogP contribution in [0.25, 0.3) is 11.5 Å². The van der Waals surface area contributed by atoms with Gasteiger partial charge in [-0.15, -0.1) is 0 Å². The van der Waals surface area contributed by atoms with Gasteiger partial charge in [0.15, 0.2) is 18.1 Å². The minimum Gasteiger partial charge on any atom is -0.493 e. The minimum atomic E-state index is -2.93. The maximum atomic E-state index is 12.4. The van der Waals surface area contributed by atoms with E-state index in [1.54, 1.807) is 13.0 Å². The van der Waals surface area contributed by atoms with E-state index in [4.69, 9.17) is 14.0 Å². The third kappa shape index (κ3) is 4.85. The highest BCUT2D eigenvalue weighted by molar-refractivity contribution is 5.80. The number of oxime groups is 1. The number of rotatable bonds is 8. The smallest absolute Gasteiger partial charge is 0.387 e. The first-order valence-electron chi connectivity index (χ1n) is 8.36. The van der Waals surface area contributed by atoms with E-state index in [1.165, 1.54) is 25.5 Å². The summed E-state index contributed by atoms with van der Waals surface area (Å²) in [4.78, 5) is 9.69. The third-order valence-corrected chi connectivity index (χ3v) is 3.79. The standard InChI is InChI=1S/C20H18F2N2O4/c1-13-16(24-19(27-13)15-6-4-3-5-7-15)12-26-23-11-14-8-9-17(28-20(21)22)18(10-14)25-2/h3-11,20H,12H2,1-2H3/b23-11+. The first kappa shape index (κ1) is 19.3. The van der Waals surface area contributed by atoms with Crippen LogP contribution in [0, 0.1) is 6.92 Å². The van der Waals surface area contributed by atoms with Crippen LogP contribution < -0.4 is 9.47 Å². The number of aromatic nitrogens is 1. The summed E-state index contributed by atoms with van der Waals surface area (Å²) in [5, 5.41) is 3.87. The molecule has 8 heteroatoms. The Morgan fingerprint density at radius 3 is 2.64 bits per heavy atom. The lowest BCUT2D eigenvalue weighted by molar-refractivity contribution is -0.0512. The van der Waals surface area contributed by atoms with Crippen molar-refractivity contribution in [3.05, 3.63) is 65.5 Å². The number of nitrogens with zero attached hydrogens (tertiary/aromatic N) is 2. The Labute approximate surface area is 160 Å². The van der Waals surface area contributed by atoms with Gasteiger partial charge in [0, 0.05) is 11.1 Å². The fraction of sp³-hybridized carbons (Fsp3) is 0.200. The molecular formula is C20H18F2N2O4. The predicted molar refractivity (Wildman–Crippen MR) is 98.7 cm³/mol. The van der Waals surface area contributed by atoms with Gasteiger partial charge in [-0.25, -0.2) is 4.98 Å². The zero-order chi connectivity index (χ0) is 19.9. The van der Waals surface area contributed by atoms with Crippen molar-refractivity contribution in [2.75, 3.05) is 7.11 Å². The van der Waals surface area contributed by atoms with Gasteiger partial charge < -0.3 is 18.7 Å². The van der Waals surface area contributed by atoms with E-state index in [0.717, 1.165) is 5.56 Å². The lowest BCUT2D eigenvalue weighted by Crippen LogP contribution is -2.03. The number of oxazole rings is 1. The second-order valence-corrected chi connectivity index (χ2v) is 5.68. The SMILES string of the molecule is COc1cc(/C=N/OCc2nc(-c3ccccc3)oc2C)ccc1OC(F)F. The molecule has 0 atom stereocenters. The van der Waals surface area contributed by atoms with Crippen molar-refractivity contribution in [2.24, 2.45) is 5.16 Å². The molecule has 0 aliphatic carbocycles. The highest BCUT2D eigenvalue weighted by atomic mass is 19.3. The zero-order valence-corrected chi connectivity index (χ0v) is 15.3. The van der Waals surface area contributed by atoms with Crippen LogP contribution in [0.2, 0.25) is 0 Å². The Morgan fingerprint density at radius 2 is 1.93 bits per heavy atom. The van der Waals surface area contributed by atoms with Crippen molar-refractivity contribution >= 4 is 6.21 Å². The van der Waals surface area contributed by atoms with Gasteiger partial charge >= 0.3 is 6.61 Å². The molecule has 0 saturated heterocycles. The van der Waals surface area contributed by atoms with Gasteiger partial charge in [-0.1, -0.05) is 23.4 Å². The van der Waals surface area contributed by atoms with Gasteiger partial charge in [-0.2, -0.15) is 8.78 Å². The maximum Gasteiger partial charge on any atom is 0.387 e. The van der Waals surface area contributed by atoms with Crippen LogP contribution in [0.1, 0.15) is 17.0 Å². The summed E-state index contributed by atoms with van der Waals surface area (Å²) in [5.74, 6) is 1.27. The lowest BCUT2D eigenvalue weighted by atomic mass is 10.2. The van der Waals surface area contributed by atoms with E-state index in [2.05, 4.69) is 14.9 Å². The number of aryl methyl sites for hydroxylation is 1. The lowest BCUT2D eigenvalue weighted by Gasteiger charge is -2.09. The molecule has 0 fully saturated rings. The number of ether oxygens (including phenoxy) is 2. The van der Waals surface area contributed by atoms with Gasteiger partial charge in [0.2, 0.25) is 5.89 Å². The zero-order valence-electron chi connectivity index (χ0n) is 15.3. The summed E-state index contributed by atoms with van der Waals surface area (Å²) in [6.45, 7) is -1.00. The molecule has 0 saturated carbocycles. The summed E-state index contributed by atoms with van der Waals surface area (Å²) >= 11 is 0. The van der Waals surface area contributed by atoms with Gasteiger partial charge in [-0.05, 0) is 37.3 Å². The monoisotopic (exact) mass is 388 g/mol. The number of halogens is 2. The molecule has 0 amide bonds. The second kappa shape index (κ2) is 8.98. The van der Waals surface area contributed by atoms with Gasteiger partial charge in [0.1, 0.15) is 11.5 Å². The maximum absolute atomic E-state index is 12.4. The molecule has 0 aliphatic rings. The van der Waals surface area contributed by atoms with Crippen LogP contribution in [0.15, 0.2) is 58.1 Å². The molecule has 0 bridgehead atoms. The van der Waals surface area contributed by atoms with Crippen molar-refractivity contribution in [1.82, 2.24) is 4.98 Å². The fourth-order valence-corrected chi connectivity index (χ4v) is 2.42. The Hall–Kier alpha value is -3.42. The molecule has 0 unspecified atom stereocenters. The van der Waals surface area contributed by atoms with Gasteiger partial charge in [-0.3, -0.25) is 0 Å². The number of hydrogen-bond donors (Lipinski definition) is 0. The summed E-state index contributed by atoms with van der Waals surface area (Å²) in [5.41, 5.74) is 2.10. The molecular weight excluding hydrogens is 370 g/mol. The molecule has 1 aromatic heterocycles. The normalized spacial score (nSPS) is 11.2. The van der Waals surface area contributed by atoms with Crippen LogP contribution in [-0.4, -0.2) is 24.9 Å². The van der Waals surface area contributed by atoms with Gasteiger partial charge in [0.05, 0.1) is 13.3 Å². The van der Waals surface area contributed by atoms with Crippen LogP contribution in [0.3, 0.4) is 0 Å². The van der Waals surface area contributed by atoms with Crippen LogP contribution in [-0.2, 0) is 11.4 Å². The quantitative estimate of drug-likeness (QED) is 0.409. The number of alkyl halides is 2. The van der Waals surface area contributed by atoms with E-state index in [0.29, 0.717) is 22.9 Å². The molecule has 146 valence electrons. The Bertz CT molecular complexity index is 943. The first-order chi connectivity index (χ1) is 13.6. The fourth-order valence-electron chi connectivity index (χ4n) is 2.42. The van der Waals surface area contributed by atoms with Gasteiger partial charge in [0.25, 0.3) is 0 Å². The number of hydrogen-bond acceptors (Lipinski definition) is 6. The molecule has 1 heterocycles.